The van der Waals surface area contributed by atoms with Gasteiger partial charge in [-0.05, 0) is 65.8 Å². The molecule has 1 atom stereocenters. The Bertz CT molecular complexity index is 606. The molecule has 3 N–H and O–H groups in total. The standard InChI is InChI=1S/C21H37N5O2/c1-5-22-19(27)21(3,4)16-25-20(23-6-2)24-15-17(18-11-10-14-28-18)26-12-8-7-9-13-26/h10-11,14,17H,5-9,12-13,15-16H2,1-4H3,(H,22,27)(H2,23,24,25). The number of amides is 1. The largest absolute Gasteiger partial charge is 0.468 e. The molecule has 1 aliphatic rings. The molecule has 0 saturated carbocycles. The lowest BCUT2D eigenvalue weighted by Crippen LogP contribution is -2.45. The van der Waals surface area contributed by atoms with Crippen molar-refractivity contribution >= 4 is 11.9 Å². The zero-order valence-electron chi connectivity index (χ0n) is 17.9. The minimum absolute atomic E-state index is 0.0244. The number of likely N-dealkylation sites (tertiary alicyclic amines) is 1. The van der Waals surface area contributed by atoms with Crippen molar-refractivity contribution in [3.05, 3.63) is 24.2 Å². The van der Waals surface area contributed by atoms with E-state index in [2.05, 4.69) is 25.8 Å². The molecule has 1 aliphatic heterocycles. The van der Waals surface area contributed by atoms with Gasteiger partial charge in [-0.2, -0.15) is 0 Å². The Labute approximate surface area is 169 Å². The number of hydrogen-bond acceptors (Lipinski definition) is 4. The van der Waals surface area contributed by atoms with Gasteiger partial charge in [-0.25, -0.2) is 0 Å². The molecule has 1 aromatic rings. The molecular weight excluding hydrogens is 354 g/mol. The maximum atomic E-state index is 12.2. The second-order valence-corrected chi connectivity index (χ2v) is 7.95. The minimum atomic E-state index is -0.550. The number of carbonyl (C=O) groups is 1. The molecule has 1 saturated heterocycles. The van der Waals surface area contributed by atoms with Crippen molar-refractivity contribution in [1.82, 2.24) is 20.9 Å². The van der Waals surface area contributed by atoms with Crippen molar-refractivity contribution in [2.45, 2.75) is 53.0 Å². The van der Waals surface area contributed by atoms with E-state index in [9.17, 15) is 4.79 Å². The van der Waals surface area contributed by atoms with E-state index in [4.69, 9.17) is 4.42 Å². The second kappa shape index (κ2) is 11.1. The molecule has 158 valence electrons. The maximum absolute atomic E-state index is 12.2. The summed E-state index contributed by atoms with van der Waals surface area (Å²) < 4.78 is 5.72. The van der Waals surface area contributed by atoms with Crippen LogP contribution in [-0.2, 0) is 4.79 Å². The molecule has 7 nitrogen and oxygen atoms in total. The highest BCUT2D eigenvalue weighted by molar-refractivity contribution is 5.83. The molecule has 0 aliphatic carbocycles. The lowest BCUT2D eigenvalue weighted by Gasteiger charge is -2.33. The lowest BCUT2D eigenvalue weighted by molar-refractivity contribution is -0.128. The Hall–Kier alpha value is -2.02. The first-order chi connectivity index (χ1) is 13.5. The summed E-state index contributed by atoms with van der Waals surface area (Å²) in [6, 6.07) is 4.17. The van der Waals surface area contributed by atoms with Crippen molar-refractivity contribution in [2.75, 3.05) is 39.3 Å². The summed E-state index contributed by atoms with van der Waals surface area (Å²) in [6.07, 6.45) is 5.49. The molecule has 1 fully saturated rings. The van der Waals surface area contributed by atoms with Crippen molar-refractivity contribution in [3.8, 4) is 0 Å². The average Bonchev–Trinajstić information content (AvgIpc) is 3.21. The van der Waals surface area contributed by atoms with Crippen LogP contribution < -0.4 is 16.0 Å². The number of nitrogens with zero attached hydrogens (tertiary/aromatic N) is 2. The van der Waals surface area contributed by atoms with Crippen LogP contribution in [0.2, 0.25) is 0 Å². The van der Waals surface area contributed by atoms with Crippen LogP contribution in [0.5, 0.6) is 0 Å². The Balaban J connectivity index is 2.03. The van der Waals surface area contributed by atoms with Gasteiger partial charge in [0.2, 0.25) is 5.91 Å². The summed E-state index contributed by atoms with van der Waals surface area (Å²) in [7, 11) is 0. The van der Waals surface area contributed by atoms with Gasteiger partial charge in [-0.3, -0.25) is 14.7 Å². The highest BCUT2D eigenvalue weighted by Gasteiger charge is 2.27. The number of nitrogens with one attached hydrogen (secondary N) is 3. The van der Waals surface area contributed by atoms with E-state index < -0.39 is 5.41 Å². The van der Waals surface area contributed by atoms with Gasteiger partial charge >= 0.3 is 0 Å². The summed E-state index contributed by atoms with van der Waals surface area (Å²) in [5.74, 6) is 1.73. The third-order valence-corrected chi connectivity index (χ3v) is 5.09. The van der Waals surface area contributed by atoms with E-state index in [0.717, 1.165) is 31.4 Å². The molecule has 1 unspecified atom stereocenters. The van der Waals surface area contributed by atoms with Crippen LogP contribution in [-0.4, -0.2) is 56.0 Å². The number of carbonyl (C=O) groups excluding carboxylic acids is 1. The number of furan rings is 1. The molecule has 0 radical (unpaired) electrons. The van der Waals surface area contributed by atoms with Gasteiger partial charge in [-0.15, -0.1) is 0 Å². The van der Waals surface area contributed by atoms with E-state index in [1.807, 2.05) is 39.8 Å². The van der Waals surface area contributed by atoms with Crippen molar-refractivity contribution < 1.29 is 9.21 Å². The van der Waals surface area contributed by atoms with Gasteiger partial charge in [0.25, 0.3) is 0 Å². The fourth-order valence-electron chi connectivity index (χ4n) is 3.40. The first-order valence-electron chi connectivity index (χ1n) is 10.6. The highest BCUT2D eigenvalue weighted by atomic mass is 16.3. The third-order valence-electron chi connectivity index (χ3n) is 5.09. The molecule has 7 heteroatoms. The van der Waals surface area contributed by atoms with Crippen molar-refractivity contribution in [3.63, 3.8) is 0 Å². The molecule has 1 aromatic heterocycles. The number of guanidine groups is 1. The van der Waals surface area contributed by atoms with Crippen LogP contribution in [0.25, 0.3) is 0 Å². The van der Waals surface area contributed by atoms with Crippen LogP contribution in [0.1, 0.15) is 58.8 Å². The van der Waals surface area contributed by atoms with Gasteiger partial charge in [-0.1, -0.05) is 6.42 Å². The van der Waals surface area contributed by atoms with Crippen LogP contribution in [0, 0.1) is 5.41 Å². The highest BCUT2D eigenvalue weighted by Crippen LogP contribution is 2.24. The quantitative estimate of drug-likeness (QED) is 0.445. The topological polar surface area (TPSA) is 81.9 Å². The van der Waals surface area contributed by atoms with E-state index in [0.29, 0.717) is 19.6 Å². The third kappa shape index (κ3) is 6.55. The van der Waals surface area contributed by atoms with E-state index in [-0.39, 0.29) is 11.9 Å². The summed E-state index contributed by atoms with van der Waals surface area (Å²) in [5.41, 5.74) is -0.550. The molecule has 2 heterocycles. The van der Waals surface area contributed by atoms with Gasteiger partial charge in [0.05, 0.1) is 24.3 Å². The Morgan fingerprint density at radius 2 is 1.89 bits per heavy atom. The van der Waals surface area contributed by atoms with Gasteiger partial charge in [0.1, 0.15) is 5.76 Å². The first kappa shape index (κ1) is 22.3. The molecule has 1 amide bonds. The summed E-state index contributed by atoms with van der Waals surface area (Å²) in [4.78, 5) is 19.4. The first-order valence-corrected chi connectivity index (χ1v) is 10.6. The van der Waals surface area contributed by atoms with Crippen LogP contribution in [0.3, 0.4) is 0 Å². The number of aliphatic imine (C=N–C) groups is 1. The van der Waals surface area contributed by atoms with E-state index in [1.54, 1.807) is 6.26 Å². The zero-order chi connectivity index (χ0) is 20.4. The molecule has 0 spiro atoms. The molecule has 0 bridgehead atoms. The van der Waals surface area contributed by atoms with Crippen molar-refractivity contribution in [1.29, 1.82) is 0 Å². The average molecular weight is 392 g/mol. The van der Waals surface area contributed by atoms with Gasteiger partial charge in [0, 0.05) is 19.6 Å². The Morgan fingerprint density at radius 3 is 2.50 bits per heavy atom. The fraction of sp³-hybridized carbons (Fsp3) is 0.714. The van der Waals surface area contributed by atoms with Crippen LogP contribution >= 0.6 is 0 Å². The predicted molar refractivity (Wildman–Crippen MR) is 113 cm³/mol. The molecule has 28 heavy (non-hydrogen) atoms. The lowest BCUT2D eigenvalue weighted by atomic mass is 9.92. The SMILES string of the molecule is CCNC(=O)C(C)(C)CN=C(NCC)NCC(c1ccco1)N1CCCCC1. The number of piperidine rings is 1. The Morgan fingerprint density at radius 1 is 1.18 bits per heavy atom. The zero-order valence-corrected chi connectivity index (χ0v) is 17.9. The predicted octanol–water partition coefficient (Wildman–Crippen LogP) is 2.52. The maximum Gasteiger partial charge on any atom is 0.227 e. The van der Waals surface area contributed by atoms with Gasteiger partial charge < -0.3 is 20.4 Å². The second-order valence-electron chi connectivity index (χ2n) is 7.95. The smallest absolute Gasteiger partial charge is 0.227 e. The monoisotopic (exact) mass is 391 g/mol. The van der Waals surface area contributed by atoms with Crippen molar-refractivity contribution in [2.24, 2.45) is 10.4 Å². The summed E-state index contributed by atoms with van der Waals surface area (Å²) in [5, 5.41) is 9.63. The molecule has 0 aromatic carbocycles. The number of rotatable bonds is 9. The van der Waals surface area contributed by atoms with Crippen LogP contribution in [0.15, 0.2) is 27.8 Å². The fourth-order valence-corrected chi connectivity index (χ4v) is 3.40. The van der Waals surface area contributed by atoms with Crippen LogP contribution in [0.4, 0.5) is 0 Å². The molecule has 2 rings (SSSR count). The summed E-state index contributed by atoms with van der Waals surface area (Å²) >= 11 is 0. The normalized spacial score (nSPS) is 17.2. The van der Waals surface area contributed by atoms with E-state index in [1.165, 1.54) is 19.3 Å². The van der Waals surface area contributed by atoms with Gasteiger partial charge in [0.15, 0.2) is 5.96 Å². The number of hydrogen-bond donors (Lipinski definition) is 3. The van der Waals surface area contributed by atoms with E-state index >= 15 is 0 Å². The summed E-state index contributed by atoms with van der Waals surface area (Å²) in [6.45, 7) is 12.5. The minimum Gasteiger partial charge on any atom is -0.468 e. The Kier molecular flexibility index (Phi) is 8.83. The molecular formula is C21H37N5O2.